The van der Waals surface area contributed by atoms with Crippen LogP contribution in [0.15, 0.2) is 47.3 Å². The van der Waals surface area contributed by atoms with Crippen molar-refractivity contribution in [2.45, 2.75) is 38.5 Å². The van der Waals surface area contributed by atoms with Crippen LogP contribution in [-0.2, 0) is 13.6 Å². The normalized spacial score (nSPS) is 14.0. The van der Waals surface area contributed by atoms with E-state index in [9.17, 15) is 9.90 Å². The summed E-state index contributed by atoms with van der Waals surface area (Å²) in [6.07, 6.45) is 0.0819. The fourth-order valence-corrected chi connectivity index (χ4v) is 3.67. The number of aryl methyl sites for hydroxylation is 2. The van der Waals surface area contributed by atoms with E-state index in [1.807, 2.05) is 47.0 Å². The highest BCUT2D eigenvalue weighted by Gasteiger charge is 2.22. The Kier molecular flexibility index (Phi) is 6.45. The Morgan fingerprint density at radius 2 is 1.83 bits per heavy atom. The van der Waals surface area contributed by atoms with E-state index < -0.39 is 6.10 Å². The minimum Gasteiger partial charge on any atom is -0.454 e. The van der Waals surface area contributed by atoms with Gasteiger partial charge in [0.15, 0.2) is 11.5 Å². The number of benzene rings is 2. The highest BCUT2D eigenvalue weighted by molar-refractivity contribution is 5.85. The molecule has 0 radical (unpaired) electrons. The molecule has 2 aromatic carbocycles. The van der Waals surface area contributed by atoms with Crippen molar-refractivity contribution in [3.8, 4) is 11.5 Å². The van der Waals surface area contributed by atoms with Crippen LogP contribution in [0.25, 0.3) is 11.0 Å². The van der Waals surface area contributed by atoms with Crippen LogP contribution in [0, 0.1) is 0 Å². The molecule has 0 saturated carbocycles. The van der Waals surface area contributed by atoms with E-state index in [4.69, 9.17) is 9.47 Å². The molecule has 0 spiro atoms. The molecule has 0 aliphatic carbocycles. The Morgan fingerprint density at radius 3 is 2.60 bits per heavy atom. The number of aliphatic hydroxyl groups excluding tert-OH is 1. The Hall–Kier alpha value is -2.48. The van der Waals surface area contributed by atoms with Crippen LogP contribution in [0.1, 0.15) is 31.9 Å². The van der Waals surface area contributed by atoms with Crippen LogP contribution in [0.3, 0.4) is 0 Å². The van der Waals surface area contributed by atoms with Crippen molar-refractivity contribution < 1.29 is 14.6 Å². The molecular formula is C22H28ClN3O4. The van der Waals surface area contributed by atoms with Crippen LogP contribution < -0.4 is 20.5 Å². The summed E-state index contributed by atoms with van der Waals surface area (Å²) in [4.78, 5) is 12.6. The third-order valence-corrected chi connectivity index (χ3v) is 5.57. The molecule has 2 heterocycles. The van der Waals surface area contributed by atoms with Gasteiger partial charge < -0.3 is 19.9 Å². The summed E-state index contributed by atoms with van der Waals surface area (Å²) in [6, 6.07) is 13.3. The minimum absolute atomic E-state index is 0. The number of aliphatic hydroxyl groups is 1. The number of halogens is 1. The van der Waals surface area contributed by atoms with Crippen LogP contribution in [0.4, 0.5) is 0 Å². The Balaban J connectivity index is 0.00000256. The predicted molar refractivity (Wildman–Crippen MR) is 119 cm³/mol. The number of nitrogens with zero attached hydrogens (tertiary/aromatic N) is 2. The zero-order valence-electron chi connectivity index (χ0n) is 17.4. The van der Waals surface area contributed by atoms with Crippen molar-refractivity contribution in [2.24, 2.45) is 7.05 Å². The summed E-state index contributed by atoms with van der Waals surface area (Å²) in [5.41, 5.74) is 2.39. The largest absolute Gasteiger partial charge is 0.454 e. The van der Waals surface area contributed by atoms with E-state index in [-0.39, 0.29) is 30.4 Å². The molecule has 1 unspecified atom stereocenters. The molecule has 2 N–H and O–H groups in total. The van der Waals surface area contributed by atoms with Gasteiger partial charge in [0.2, 0.25) is 6.79 Å². The molecule has 0 amide bonds. The van der Waals surface area contributed by atoms with Crippen molar-refractivity contribution in [1.29, 1.82) is 0 Å². The van der Waals surface area contributed by atoms with Gasteiger partial charge in [-0.2, -0.15) is 0 Å². The first-order chi connectivity index (χ1) is 13.9. The van der Waals surface area contributed by atoms with Gasteiger partial charge in [0.05, 0.1) is 17.1 Å². The maximum atomic E-state index is 12.6. The number of aromatic nitrogens is 2. The highest BCUT2D eigenvalue weighted by Crippen LogP contribution is 2.34. The van der Waals surface area contributed by atoms with Crippen LogP contribution in [-0.4, -0.2) is 33.1 Å². The molecular weight excluding hydrogens is 406 g/mol. The van der Waals surface area contributed by atoms with E-state index in [2.05, 4.69) is 19.2 Å². The lowest BCUT2D eigenvalue weighted by Gasteiger charge is -2.28. The quantitative estimate of drug-likeness (QED) is 0.599. The summed E-state index contributed by atoms with van der Waals surface area (Å²) in [5, 5.41) is 14.0. The predicted octanol–water partition coefficient (Wildman–Crippen LogP) is 2.98. The SMILES string of the molecule is Cl.Cn1c(=O)n(CCC(C)(C)NCC(O)c2ccc3c(c2)OCO3)c2ccccc21. The molecule has 0 fully saturated rings. The lowest BCUT2D eigenvalue weighted by Crippen LogP contribution is -2.43. The van der Waals surface area contributed by atoms with E-state index >= 15 is 0 Å². The van der Waals surface area contributed by atoms with Gasteiger partial charge in [-0.15, -0.1) is 12.4 Å². The Labute approximate surface area is 181 Å². The molecule has 0 saturated heterocycles. The monoisotopic (exact) mass is 433 g/mol. The second kappa shape index (κ2) is 8.71. The average molecular weight is 434 g/mol. The molecule has 1 atom stereocenters. The number of para-hydroxylation sites is 2. The molecule has 162 valence electrons. The molecule has 7 nitrogen and oxygen atoms in total. The first-order valence-electron chi connectivity index (χ1n) is 9.83. The maximum Gasteiger partial charge on any atom is 0.328 e. The Bertz CT molecular complexity index is 1090. The van der Waals surface area contributed by atoms with Crippen LogP contribution in [0.2, 0.25) is 0 Å². The topological polar surface area (TPSA) is 77.7 Å². The summed E-state index contributed by atoms with van der Waals surface area (Å²) in [7, 11) is 1.80. The number of hydrogen-bond acceptors (Lipinski definition) is 5. The lowest BCUT2D eigenvalue weighted by molar-refractivity contribution is 0.157. The smallest absolute Gasteiger partial charge is 0.328 e. The van der Waals surface area contributed by atoms with E-state index in [0.717, 1.165) is 23.0 Å². The number of fused-ring (bicyclic) bond motifs is 2. The third kappa shape index (κ3) is 4.33. The molecule has 4 rings (SSSR count). The molecule has 3 aromatic rings. The lowest BCUT2D eigenvalue weighted by atomic mass is 9.99. The number of imidazole rings is 1. The summed E-state index contributed by atoms with van der Waals surface area (Å²) in [6.45, 7) is 5.37. The van der Waals surface area contributed by atoms with Crippen molar-refractivity contribution in [3.05, 3.63) is 58.5 Å². The minimum atomic E-state index is -0.663. The van der Waals surface area contributed by atoms with E-state index in [0.29, 0.717) is 24.6 Å². The first kappa shape index (κ1) is 22.2. The summed E-state index contributed by atoms with van der Waals surface area (Å²) >= 11 is 0. The number of hydrogen-bond donors (Lipinski definition) is 2. The van der Waals surface area contributed by atoms with Crippen molar-refractivity contribution in [1.82, 2.24) is 14.5 Å². The van der Waals surface area contributed by atoms with Gasteiger partial charge in [0, 0.05) is 25.7 Å². The zero-order valence-corrected chi connectivity index (χ0v) is 18.2. The Morgan fingerprint density at radius 1 is 1.13 bits per heavy atom. The standard InChI is InChI=1S/C22H27N3O4.ClH/c1-22(2,10-11-25-17-7-5-4-6-16(17)24(3)21(25)27)23-13-18(26)15-8-9-19-20(12-15)29-14-28-19;/h4-9,12,18,23,26H,10-11,13-14H2,1-3H3;1H. The highest BCUT2D eigenvalue weighted by atomic mass is 35.5. The zero-order chi connectivity index (χ0) is 20.6. The van der Waals surface area contributed by atoms with Gasteiger partial charge in [-0.1, -0.05) is 18.2 Å². The van der Waals surface area contributed by atoms with E-state index in [1.54, 1.807) is 11.6 Å². The molecule has 0 bridgehead atoms. The number of ether oxygens (including phenoxy) is 2. The molecule has 1 aliphatic heterocycles. The van der Waals surface area contributed by atoms with Crippen molar-refractivity contribution in [3.63, 3.8) is 0 Å². The van der Waals surface area contributed by atoms with Crippen molar-refractivity contribution in [2.75, 3.05) is 13.3 Å². The van der Waals surface area contributed by atoms with Gasteiger partial charge in [-0.3, -0.25) is 9.13 Å². The second-order valence-electron chi connectivity index (χ2n) is 8.13. The summed E-state index contributed by atoms with van der Waals surface area (Å²) in [5.74, 6) is 1.37. The average Bonchev–Trinajstić information content (AvgIpc) is 3.28. The van der Waals surface area contributed by atoms with Gasteiger partial charge in [0.25, 0.3) is 0 Å². The van der Waals surface area contributed by atoms with Gasteiger partial charge >= 0.3 is 5.69 Å². The van der Waals surface area contributed by atoms with Gasteiger partial charge in [-0.25, -0.2) is 4.79 Å². The second-order valence-corrected chi connectivity index (χ2v) is 8.13. The number of rotatable bonds is 7. The number of nitrogens with one attached hydrogen (secondary N) is 1. The fraction of sp³-hybridized carbons (Fsp3) is 0.409. The summed E-state index contributed by atoms with van der Waals surface area (Å²) < 4.78 is 14.2. The molecule has 30 heavy (non-hydrogen) atoms. The van der Waals surface area contributed by atoms with Crippen LogP contribution in [0.5, 0.6) is 11.5 Å². The third-order valence-electron chi connectivity index (χ3n) is 5.57. The first-order valence-corrected chi connectivity index (χ1v) is 9.83. The maximum absolute atomic E-state index is 12.6. The van der Waals surface area contributed by atoms with Crippen molar-refractivity contribution >= 4 is 23.4 Å². The molecule has 8 heteroatoms. The van der Waals surface area contributed by atoms with E-state index in [1.165, 1.54) is 0 Å². The fourth-order valence-electron chi connectivity index (χ4n) is 3.67. The molecule has 1 aromatic heterocycles. The van der Waals surface area contributed by atoms with Crippen LogP contribution >= 0.6 is 12.4 Å². The number of β-amino-alcohol motifs (C(OH)–C–C–N with tert-alkyl or cyclic N) is 1. The molecule has 1 aliphatic rings. The van der Waals surface area contributed by atoms with Gasteiger partial charge in [0.1, 0.15) is 0 Å². The van der Waals surface area contributed by atoms with Gasteiger partial charge in [-0.05, 0) is 50.1 Å².